The molecule has 4 aromatic rings. The van der Waals surface area contributed by atoms with Crippen molar-refractivity contribution < 1.29 is 23.2 Å². The Morgan fingerprint density at radius 2 is 2.00 bits per heavy atom. The predicted octanol–water partition coefficient (Wildman–Crippen LogP) is 4.42. The second-order valence-corrected chi connectivity index (χ2v) is 7.08. The lowest BCUT2D eigenvalue weighted by molar-refractivity contribution is -0.145. The van der Waals surface area contributed by atoms with Gasteiger partial charge in [-0.2, -0.15) is 5.10 Å². The number of benzene rings is 1. The number of hydrogen-bond donors (Lipinski definition) is 0. The lowest BCUT2D eigenvalue weighted by Crippen LogP contribution is -2.07. The maximum absolute atomic E-state index is 12.3. The summed E-state index contributed by atoms with van der Waals surface area (Å²) in [6.07, 6.45) is 2.34. The Labute approximate surface area is 179 Å². The lowest BCUT2D eigenvalue weighted by atomic mass is 10.1. The van der Waals surface area contributed by atoms with Crippen LogP contribution in [0, 0.1) is 13.8 Å². The zero-order chi connectivity index (χ0) is 21.8. The van der Waals surface area contributed by atoms with E-state index >= 15 is 0 Å². The van der Waals surface area contributed by atoms with Crippen molar-refractivity contribution in [2.24, 2.45) is 0 Å². The molecule has 0 spiro atoms. The maximum atomic E-state index is 12.3. The van der Waals surface area contributed by atoms with Crippen LogP contribution in [0.2, 0.25) is 0 Å². The van der Waals surface area contributed by atoms with Gasteiger partial charge in [0.2, 0.25) is 5.76 Å². The Morgan fingerprint density at radius 3 is 2.77 bits per heavy atom. The van der Waals surface area contributed by atoms with Gasteiger partial charge in [-0.15, -0.1) is 0 Å². The molecule has 3 aromatic heterocycles. The van der Waals surface area contributed by atoms with Crippen LogP contribution in [0.4, 0.5) is 0 Å². The number of nitrogens with zero attached hydrogens (tertiary/aromatic N) is 3. The first-order chi connectivity index (χ1) is 15.0. The smallest absolute Gasteiger partial charge is 0.306 e. The van der Waals surface area contributed by atoms with Gasteiger partial charge in [0, 0.05) is 24.2 Å². The number of aryl methyl sites for hydroxylation is 1. The van der Waals surface area contributed by atoms with Crippen LogP contribution in [0.15, 0.2) is 57.7 Å². The Bertz CT molecular complexity index is 1170. The molecule has 4 rings (SSSR count). The van der Waals surface area contributed by atoms with Crippen LogP contribution in [0.3, 0.4) is 0 Å². The van der Waals surface area contributed by atoms with E-state index in [1.807, 2.05) is 42.8 Å². The van der Waals surface area contributed by atoms with Crippen molar-refractivity contribution in [1.82, 2.24) is 14.9 Å². The molecule has 0 unspecified atom stereocenters. The molecule has 0 saturated heterocycles. The average Bonchev–Trinajstić information content (AvgIpc) is 3.52. The van der Waals surface area contributed by atoms with Crippen molar-refractivity contribution in [2.45, 2.75) is 33.3 Å². The zero-order valence-corrected chi connectivity index (χ0v) is 17.6. The number of carbonyl (C=O) groups excluding carboxylic acids is 1. The van der Waals surface area contributed by atoms with Gasteiger partial charge in [-0.1, -0.05) is 11.2 Å². The number of esters is 1. The first kappa shape index (κ1) is 20.5. The highest BCUT2D eigenvalue weighted by Crippen LogP contribution is 2.23. The van der Waals surface area contributed by atoms with Gasteiger partial charge in [-0.25, -0.2) is 4.68 Å². The zero-order valence-electron chi connectivity index (χ0n) is 17.6. The minimum absolute atomic E-state index is 0.0457. The van der Waals surface area contributed by atoms with E-state index < -0.39 is 0 Å². The van der Waals surface area contributed by atoms with E-state index in [-0.39, 0.29) is 19.0 Å². The molecule has 0 amide bonds. The summed E-state index contributed by atoms with van der Waals surface area (Å²) in [6.45, 7) is 3.98. The van der Waals surface area contributed by atoms with Gasteiger partial charge in [0.15, 0.2) is 5.76 Å². The van der Waals surface area contributed by atoms with Crippen molar-refractivity contribution >= 4 is 5.97 Å². The molecule has 160 valence electrons. The summed E-state index contributed by atoms with van der Waals surface area (Å²) in [5.41, 5.74) is 4.33. The normalized spacial score (nSPS) is 10.9. The molecule has 0 saturated carbocycles. The van der Waals surface area contributed by atoms with Gasteiger partial charge in [-0.05, 0) is 50.1 Å². The number of methoxy groups -OCH3 is 1. The van der Waals surface area contributed by atoms with Gasteiger partial charge in [0.1, 0.15) is 18.1 Å². The molecule has 31 heavy (non-hydrogen) atoms. The van der Waals surface area contributed by atoms with Crippen molar-refractivity contribution in [3.05, 3.63) is 71.4 Å². The summed E-state index contributed by atoms with van der Waals surface area (Å²) in [5, 5.41) is 8.54. The lowest BCUT2D eigenvalue weighted by Gasteiger charge is -2.07. The third kappa shape index (κ3) is 4.53. The fraction of sp³-hybridized carbons (Fsp3) is 0.261. The standard InChI is InChI=1S/C23H23N3O5/c1-15-20(16(2)26(24-15)18-6-4-7-19(13-18)28-3)9-10-23(27)30-14-17-12-22(31-25-17)21-8-5-11-29-21/h4-8,11-13H,9-10,14H2,1-3H3. The minimum atomic E-state index is -0.310. The molecule has 1 aromatic carbocycles. The van der Waals surface area contributed by atoms with Crippen LogP contribution in [0.1, 0.15) is 29.1 Å². The predicted molar refractivity (Wildman–Crippen MR) is 112 cm³/mol. The van der Waals surface area contributed by atoms with E-state index in [0.717, 1.165) is 28.4 Å². The molecule has 0 fully saturated rings. The number of aromatic nitrogens is 3. The van der Waals surface area contributed by atoms with Gasteiger partial charge in [0.25, 0.3) is 0 Å². The highest BCUT2D eigenvalue weighted by molar-refractivity contribution is 5.69. The van der Waals surface area contributed by atoms with E-state index in [1.54, 1.807) is 31.6 Å². The van der Waals surface area contributed by atoms with Crippen molar-refractivity contribution in [1.29, 1.82) is 0 Å². The van der Waals surface area contributed by atoms with Gasteiger partial charge in [-0.3, -0.25) is 4.79 Å². The van der Waals surface area contributed by atoms with E-state index in [2.05, 4.69) is 10.3 Å². The van der Waals surface area contributed by atoms with Crippen LogP contribution in [0.5, 0.6) is 5.75 Å². The fourth-order valence-electron chi connectivity index (χ4n) is 3.40. The molecular weight excluding hydrogens is 398 g/mol. The Balaban J connectivity index is 1.36. The summed E-state index contributed by atoms with van der Waals surface area (Å²) in [5.74, 6) is 1.52. The average molecular weight is 421 g/mol. The van der Waals surface area contributed by atoms with Crippen molar-refractivity contribution in [3.63, 3.8) is 0 Å². The van der Waals surface area contributed by atoms with E-state index in [1.165, 1.54) is 0 Å². The van der Waals surface area contributed by atoms with Gasteiger partial charge in [0.05, 0.1) is 24.8 Å². The third-order valence-corrected chi connectivity index (χ3v) is 5.02. The van der Waals surface area contributed by atoms with E-state index in [0.29, 0.717) is 23.6 Å². The van der Waals surface area contributed by atoms with Crippen molar-refractivity contribution in [3.8, 4) is 23.0 Å². The number of carbonyl (C=O) groups is 1. The first-order valence-electron chi connectivity index (χ1n) is 9.89. The monoisotopic (exact) mass is 421 g/mol. The molecule has 0 bridgehead atoms. The SMILES string of the molecule is COc1cccc(-n2nc(C)c(CCC(=O)OCc3cc(-c4ccco4)on3)c2C)c1. The van der Waals surface area contributed by atoms with Crippen LogP contribution >= 0.6 is 0 Å². The molecule has 0 aliphatic heterocycles. The second-order valence-electron chi connectivity index (χ2n) is 7.08. The van der Waals surface area contributed by atoms with Gasteiger partial charge >= 0.3 is 5.97 Å². The third-order valence-electron chi connectivity index (χ3n) is 5.02. The summed E-state index contributed by atoms with van der Waals surface area (Å²) < 4.78 is 23.0. The molecule has 3 heterocycles. The number of hydrogen-bond acceptors (Lipinski definition) is 7. The molecule has 8 nitrogen and oxygen atoms in total. The Morgan fingerprint density at radius 1 is 1.13 bits per heavy atom. The summed E-state index contributed by atoms with van der Waals surface area (Å²) in [7, 11) is 1.63. The quantitative estimate of drug-likeness (QED) is 0.389. The Hall–Kier alpha value is -3.81. The minimum Gasteiger partial charge on any atom is -0.497 e. The number of furan rings is 1. The number of ether oxygens (including phenoxy) is 2. The molecular formula is C23H23N3O5. The topological polar surface area (TPSA) is 92.5 Å². The molecule has 0 aliphatic rings. The number of rotatable bonds is 8. The molecule has 0 N–H and O–H groups in total. The molecule has 0 radical (unpaired) electrons. The van der Waals surface area contributed by atoms with E-state index in [4.69, 9.17) is 18.4 Å². The maximum Gasteiger partial charge on any atom is 0.306 e. The second kappa shape index (κ2) is 8.91. The summed E-state index contributed by atoms with van der Waals surface area (Å²) in [4.78, 5) is 12.3. The first-order valence-corrected chi connectivity index (χ1v) is 9.89. The molecule has 0 aliphatic carbocycles. The van der Waals surface area contributed by atoms with Crippen LogP contribution in [-0.4, -0.2) is 28.0 Å². The van der Waals surface area contributed by atoms with Crippen molar-refractivity contribution in [2.75, 3.05) is 7.11 Å². The Kier molecular flexibility index (Phi) is 5.88. The summed E-state index contributed by atoms with van der Waals surface area (Å²) >= 11 is 0. The van der Waals surface area contributed by atoms with E-state index in [9.17, 15) is 4.79 Å². The summed E-state index contributed by atoms with van der Waals surface area (Å²) in [6, 6.07) is 12.9. The fourth-order valence-corrected chi connectivity index (χ4v) is 3.40. The highest BCUT2D eigenvalue weighted by Gasteiger charge is 2.16. The highest BCUT2D eigenvalue weighted by atomic mass is 16.5. The molecule has 8 heteroatoms. The van der Waals surface area contributed by atoms with Crippen LogP contribution < -0.4 is 4.74 Å². The van der Waals surface area contributed by atoms with Gasteiger partial charge < -0.3 is 18.4 Å². The van der Waals surface area contributed by atoms with Crippen LogP contribution in [-0.2, 0) is 22.6 Å². The largest absolute Gasteiger partial charge is 0.497 e. The molecule has 0 atom stereocenters. The van der Waals surface area contributed by atoms with Crippen LogP contribution in [0.25, 0.3) is 17.2 Å².